The Morgan fingerprint density at radius 2 is 1.88 bits per heavy atom. The highest BCUT2D eigenvalue weighted by molar-refractivity contribution is 6.30. The van der Waals surface area contributed by atoms with Crippen molar-refractivity contribution in [1.29, 1.82) is 0 Å². The van der Waals surface area contributed by atoms with E-state index in [1.165, 1.54) is 6.08 Å². The summed E-state index contributed by atoms with van der Waals surface area (Å²) in [5, 5.41) is -0.310. The monoisotopic (exact) mass is 356 g/mol. The summed E-state index contributed by atoms with van der Waals surface area (Å²) in [4.78, 5) is 48.1. The molecular weight excluding hydrogens is 340 g/mol. The molecule has 0 atom stereocenters. The Morgan fingerprint density at radius 3 is 2.42 bits per heavy atom. The number of hydrogen-bond acceptors (Lipinski definition) is 6. The predicted molar refractivity (Wildman–Crippen MR) is 87.7 cm³/mol. The number of carbonyl (C=O) groups is 2. The van der Waals surface area contributed by atoms with Gasteiger partial charge in [-0.05, 0) is 13.8 Å². The molecule has 0 spiro atoms. The number of carbonyl (C=O) groups excluding carboxylic acids is 2. The van der Waals surface area contributed by atoms with Crippen molar-refractivity contribution in [2.45, 2.75) is 20.4 Å². The fourth-order valence-corrected chi connectivity index (χ4v) is 1.96. The van der Waals surface area contributed by atoms with Gasteiger partial charge in [-0.2, -0.15) is 0 Å². The molecule has 8 nitrogen and oxygen atoms in total. The molecule has 1 rings (SSSR count). The van der Waals surface area contributed by atoms with Gasteiger partial charge >= 0.3 is 17.6 Å². The molecule has 130 valence electrons. The molecule has 1 aromatic heterocycles. The quantitative estimate of drug-likeness (QED) is 0.407. The molecule has 1 aromatic rings. The van der Waals surface area contributed by atoms with Gasteiger partial charge in [0.15, 0.2) is 0 Å². The molecule has 0 radical (unpaired) electrons. The van der Waals surface area contributed by atoms with Gasteiger partial charge in [-0.1, -0.05) is 17.7 Å². The smallest absolute Gasteiger partial charge is 0.355 e. The first-order chi connectivity index (χ1) is 11.4. The molecule has 0 bridgehead atoms. The van der Waals surface area contributed by atoms with Crippen molar-refractivity contribution in [2.75, 3.05) is 13.2 Å². The van der Waals surface area contributed by atoms with Gasteiger partial charge in [0.25, 0.3) is 5.56 Å². The first-order valence-electron chi connectivity index (χ1n) is 7.06. The number of allylic oxidation sites excluding steroid dienone is 1. The van der Waals surface area contributed by atoms with Crippen LogP contribution in [0.3, 0.4) is 0 Å². The fraction of sp³-hybridized carbons (Fsp3) is 0.333. The van der Waals surface area contributed by atoms with Gasteiger partial charge in [-0.25, -0.2) is 14.4 Å². The Bertz CT molecular complexity index is 790. The van der Waals surface area contributed by atoms with Crippen LogP contribution >= 0.6 is 11.6 Å². The highest BCUT2D eigenvalue weighted by atomic mass is 35.5. The van der Waals surface area contributed by atoms with E-state index in [-0.39, 0.29) is 24.8 Å². The summed E-state index contributed by atoms with van der Waals surface area (Å²) in [7, 11) is 0. The van der Waals surface area contributed by atoms with Crippen LogP contribution in [0.4, 0.5) is 0 Å². The van der Waals surface area contributed by atoms with E-state index in [0.717, 1.165) is 21.4 Å². The maximum atomic E-state index is 12.4. The molecule has 0 aliphatic carbocycles. The number of aromatic nitrogens is 2. The summed E-state index contributed by atoms with van der Waals surface area (Å²) in [6.07, 6.45) is 3.08. The first kappa shape index (κ1) is 19.4. The molecule has 0 aliphatic rings. The minimum atomic E-state index is -0.937. The van der Waals surface area contributed by atoms with Crippen molar-refractivity contribution >= 4 is 29.2 Å². The predicted octanol–water partition coefficient (Wildman–Crippen LogP) is 0.817. The topological polar surface area (TPSA) is 96.6 Å². The maximum absolute atomic E-state index is 12.4. The fourth-order valence-electron chi connectivity index (χ4n) is 1.76. The summed E-state index contributed by atoms with van der Waals surface area (Å²) in [5.41, 5.74) is -2.02. The van der Waals surface area contributed by atoms with E-state index >= 15 is 0 Å². The lowest BCUT2D eigenvalue weighted by Crippen LogP contribution is -2.40. The van der Waals surface area contributed by atoms with Crippen LogP contribution < -0.4 is 11.2 Å². The van der Waals surface area contributed by atoms with E-state index in [4.69, 9.17) is 21.1 Å². The van der Waals surface area contributed by atoms with E-state index in [2.05, 4.69) is 6.58 Å². The second-order valence-electron chi connectivity index (χ2n) is 4.34. The lowest BCUT2D eigenvalue weighted by atomic mass is 10.3. The summed E-state index contributed by atoms with van der Waals surface area (Å²) in [5.74, 6) is -1.78. The Hall–Kier alpha value is -2.61. The molecule has 0 aliphatic heterocycles. The number of ether oxygens (including phenoxy) is 2. The van der Waals surface area contributed by atoms with Gasteiger partial charge in [0.2, 0.25) is 0 Å². The van der Waals surface area contributed by atoms with Crippen LogP contribution in [0.5, 0.6) is 0 Å². The van der Waals surface area contributed by atoms with Crippen molar-refractivity contribution in [1.82, 2.24) is 9.13 Å². The zero-order chi connectivity index (χ0) is 18.3. The van der Waals surface area contributed by atoms with E-state index in [1.807, 2.05) is 0 Å². The number of hydrogen-bond donors (Lipinski definition) is 0. The average molecular weight is 357 g/mol. The van der Waals surface area contributed by atoms with Crippen molar-refractivity contribution < 1.29 is 19.1 Å². The maximum Gasteiger partial charge on any atom is 0.355 e. The molecule has 1 heterocycles. The van der Waals surface area contributed by atoms with Crippen molar-refractivity contribution in [3.05, 3.63) is 50.8 Å². The molecule has 9 heteroatoms. The van der Waals surface area contributed by atoms with Crippen molar-refractivity contribution in [3.63, 3.8) is 0 Å². The standard InChI is InChI=1S/C15H17ClN2O6/c1-4-7-17-13(20)10(16)9-18(15(17)22)11(14(21)24-6-3)8-12(19)23-5-2/h4,8-9H,1,5-7H2,2-3H3/b11-8+. The van der Waals surface area contributed by atoms with E-state index in [1.54, 1.807) is 13.8 Å². The molecule has 0 saturated carbocycles. The molecule has 0 fully saturated rings. The van der Waals surface area contributed by atoms with Crippen LogP contribution in [0.15, 0.2) is 34.5 Å². The summed E-state index contributed by atoms with van der Waals surface area (Å²) in [6, 6.07) is 0. The van der Waals surface area contributed by atoms with Crippen LogP contribution in [0, 0.1) is 0 Å². The minimum absolute atomic E-state index is 0.0216. The highest BCUT2D eigenvalue weighted by Crippen LogP contribution is 2.08. The summed E-state index contributed by atoms with van der Waals surface area (Å²) in [6.45, 7) is 6.58. The van der Waals surface area contributed by atoms with Gasteiger partial charge in [0.05, 0.1) is 19.3 Å². The molecule has 0 aromatic carbocycles. The minimum Gasteiger partial charge on any atom is -0.463 e. The lowest BCUT2D eigenvalue weighted by molar-refractivity contribution is -0.139. The van der Waals surface area contributed by atoms with Crippen molar-refractivity contribution in [3.8, 4) is 0 Å². The normalized spacial score (nSPS) is 11.0. The average Bonchev–Trinajstić information content (AvgIpc) is 2.53. The Morgan fingerprint density at radius 1 is 1.25 bits per heavy atom. The Balaban J connectivity index is 3.62. The number of esters is 2. The largest absolute Gasteiger partial charge is 0.463 e. The third kappa shape index (κ3) is 4.45. The van der Waals surface area contributed by atoms with Crippen LogP contribution in [-0.4, -0.2) is 34.3 Å². The van der Waals surface area contributed by atoms with Gasteiger partial charge in [0, 0.05) is 12.7 Å². The molecule has 0 saturated heterocycles. The Kier molecular flexibility index (Phi) is 7.19. The summed E-state index contributed by atoms with van der Waals surface area (Å²) >= 11 is 5.83. The molecule has 0 unspecified atom stereocenters. The van der Waals surface area contributed by atoms with Gasteiger partial charge < -0.3 is 9.47 Å². The molecule has 0 amide bonds. The molecule has 0 N–H and O–H groups in total. The number of nitrogens with zero attached hydrogens (tertiary/aromatic N) is 2. The lowest BCUT2D eigenvalue weighted by Gasteiger charge is -2.12. The van der Waals surface area contributed by atoms with Gasteiger partial charge in [0.1, 0.15) is 10.7 Å². The van der Waals surface area contributed by atoms with Gasteiger partial charge in [-0.3, -0.25) is 13.9 Å². The van der Waals surface area contributed by atoms with E-state index in [0.29, 0.717) is 0 Å². The number of rotatable bonds is 7. The second kappa shape index (κ2) is 8.88. The first-order valence-corrected chi connectivity index (χ1v) is 7.43. The third-order valence-electron chi connectivity index (χ3n) is 2.73. The molecule has 24 heavy (non-hydrogen) atoms. The summed E-state index contributed by atoms with van der Waals surface area (Å²) < 4.78 is 11.1. The van der Waals surface area contributed by atoms with Crippen LogP contribution in [0.1, 0.15) is 13.8 Å². The second-order valence-corrected chi connectivity index (χ2v) is 4.74. The third-order valence-corrected chi connectivity index (χ3v) is 2.99. The zero-order valence-electron chi connectivity index (χ0n) is 13.3. The molecular formula is C15H17ClN2O6. The van der Waals surface area contributed by atoms with E-state index < -0.39 is 28.9 Å². The van der Waals surface area contributed by atoms with Crippen molar-refractivity contribution in [2.24, 2.45) is 0 Å². The van der Waals surface area contributed by atoms with Crippen LogP contribution in [-0.2, 0) is 25.6 Å². The zero-order valence-corrected chi connectivity index (χ0v) is 14.0. The van der Waals surface area contributed by atoms with Crippen LogP contribution in [0.25, 0.3) is 5.70 Å². The van der Waals surface area contributed by atoms with E-state index in [9.17, 15) is 19.2 Å². The Labute approximate surface area is 142 Å². The van der Waals surface area contributed by atoms with Crippen LogP contribution in [0.2, 0.25) is 5.02 Å². The van der Waals surface area contributed by atoms with Gasteiger partial charge in [-0.15, -0.1) is 6.58 Å². The SMILES string of the molecule is C=CCn1c(=O)c(Cl)cn(/C(=C/C(=O)OCC)C(=O)OCC)c1=O. The highest BCUT2D eigenvalue weighted by Gasteiger charge is 2.20. The number of halogens is 1.